The number of carbonyl (C=O) groups is 3. The number of rotatable bonds is 9. The molecule has 3 aliphatic rings. The molecule has 0 spiro atoms. The number of hydrogen-bond acceptors (Lipinski definition) is 10. The van der Waals surface area contributed by atoms with Crippen LogP contribution in [0.15, 0.2) is 29.6 Å². The normalized spacial score (nSPS) is 23.7. The van der Waals surface area contributed by atoms with E-state index in [1.54, 1.807) is 30.6 Å². The maximum absolute atomic E-state index is 13.6. The van der Waals surface area contributed by atoms with Crippen LogP contribution < -0.4 is 10.2 Å². The Bertz CT molecular complexity index is 1270. The quantitative estimate of drug-likeness (QED) is 0.443. The van der Waals surface area contributed by atoms with Gasteiger partial charge in [0.15, 0.2) is 10.9 Å². The van der Waals surface area contributed by atoms with Crippen LogP contribution in [0.2, 0.25) is 0 Å². The summed E-state index contributed by atoms with van der Waals surface area (Å²) in [6.45, 7) is 11.3. The second kappa shape index (κ2) is 12.8. The number of anilines is 1. The minimum Gasteiger partial charge on any atom is -0.388 e. The molecule has 11 nitrogen and oxygen atoms in total. The lowest BCUT2D eigenvalue weighted by atomic mass is 9.87. The van der Waals surface area contributed by atoms with Gasteiger partial charge in [-0.05, 0) is 24.0 Å². The van der Waals surface area contributed by atoms with Gasteiger partial charge in [0.2, 0.25) is 5.91 Å². The number of ether oxygens (including phenoxy) is 2. The van der Waals surface area contributed by atoms with Crippen molar-refractivity contribution in [2.24, 2.45) is 5.41 Å². The van der Waals surface area contributed by atoms with Gasteiger partial charge in [0.05, 0.1) is 18.8 Å². The fourth-order valence-electron chi connectivity index (χ4n) is 5.83. The number of aliphatic hydroxyl groups is 1. The zero-order valence-corrected chi connectivity index (χ0v) is 25.6. The molecule has 1 aromatic heterocycles. The van der Waals surface area contributed by atoms with E-state index in [1.807, 2.05) is 38.3 Å². The van der Waals surface area contributed by atoms with Crippen LogP contribution in [-0.2, 0) is 19.1 Å². The van der Waals surface area contributed by atoms with Crippen molar-refractivity contribution >= 4 is 34.1 Å². The predicted octanol–water partition coefficient (Wildman–Crippen LogP) is 1.65. The van der Waals surface area contributed by atoms with Gasteiger partial charge in [0, 0.05) is 56.3 Å². The number of likely N-dealkylation sites (tertiary alicyclic amines) is 1. The summed E-state index contributed by atoms with van der Waals surface area (Å²) in [4.78, 5) is 50.3. The Morgan fingerprint density at radius 2 is 1.90 bits per heavy atom. The van der Waals surface area contributed by atoms with Crippen molar-refractivity contribution in [3.8, 4) is 11.3 Å². The molecular weight excluding hydrogens is 558 g/mol. The molecule has 4 atom stereocenters. The molecule has 3 aliphatic heterocycles. The molecule has 4 heterocycles. The molecule has 2 amide bonds. The molecule has 42 heavy (non-hydrogen) atoms. The van der Waals surface area contributed by atoms with Crippen LogP contribution >= 0.6 is 11.3 Å². The summed E-state index contributed by atoms with van der Waals surface area (Å²) in [6.07, 6.45) is -1.27. The maximum atomic E-state index is 13.6. The zero-order valence-electron chi connectivity index (χ0n) is 24.7. The zero-order chi connectivity index (χ0) is 30.0. The number of ketones is 1. The smallest absolute Gasteiger partial charge is 0.251 e. The highest BCUT2D eigenvalue weighted by atomic mass is 32.1. The third-order valence-corrected chi connectivity index (χ3v) is 8.95. The minimum absolute atomic E-state index is 0.00421. The average molecular weight is 600 g/mol. The lowest BCUT2D eigenvalue weighted by Crippen LogP contribution is -2.53. The van der Waals surface area contributed by atoms with Gasteiger partial charge in [0.25, 0.3) is 5.91 Å². The number of nitrogens with one attached hydrogen (secondary N) is 1. The molecule has 2 N–H and O–H groups in total. The molecule has 5 rings (SSSR count). The van der Waals surface area contributed by atoms with Crippen LogP contribution in [-0.4, -0.2) is 121 Å². The predicted molar refractivity (Wildman–Crippen MR) is 160 cm³/mol. The number of hydrogen-bond donors (Lipinski definition) is 2. The van der Waals surface area contributed by atoms with E-state index in [0.29, 0.717) is 12.0 Å². The van der Waals surface area contributed by atoms with E-state index in [2.05, 4.69) is 15.1 Å². The van der Waals surface area contributed by atoms with Crippen molar-refractivity contribution in [3.05, 3.63) is 35.2 Å². The number of methoxy groups -OCH3 is 1. The molecular formula is C30H41N5O6S. The Balaban J connectivity index is 1.23. The number of aliphatic hydroxyl groups excluding tert-OH is 1. The van der Waals surface area contributed by atoms with Gasteiger partial charge >= 0.3 is 0 Å². The van der Waals surface area contributed by atoms with Gasteiger partial charge in [-0.1, -0.05) is 32.9 Å². The number of Topliss-reactive ketones (excluding diaryl/α,β-unsaturated/α-hetero) is 1. The third-order valence-electron chi connectivity index (χ3n) is 8.05. The van der Waals surface area contributed by atoms with Gasteiger partial charge in [-0.15, -0.1) is 11.3 Å². The molecule has 3 fully saturated rings. The molecule has 228 valence electrons. The average Bonchev–Trinajstić information content (AvgIpc) is 3.69. The van der Waals surface area contributed by atoms with Crippen molar-refractivity contribution in [2.75, 3.05) is 64.5 Å². The number of benzene rings is 1. The molecule has 0 radical (unpaired) electrons. The number of aromatic nitrogens is 1. The van der Waals surface area contributed by atoms with Gasteiger partial charge in [-0.3, -0.25) is 19.3 Å². The number of nitrogens with zero attached hydrogens (tertiary/aromatic N) is 4. The second-order valence-electron chi connectivity index (χ2n) is 12.4. The van der Waals surface area contributed by atoms with Crippen LogP contribution in [0.1, 0.15) is 37.6 Å². The summed E-state index contributed by atoms with van der Waals surface area (Å²) >= 11 is 1.62. The Morgan fingerprint density at radius 1 is 1.19 bits per heavy atom. The molecule has 0 unspecified atom stereocenters. The van der Waals surface area contributed by atoms with Crippen molar-refractivity contribution in [2.45, 2.75) is 51.5 Å². The first-order valence-corrected chi connectivity index (χ1v) is 15.4. The van der Waals surface area contributed by atoms with Crippen LogP contribution in [0.3, 0.4) is 0 Å². The van der Waals surface area contributed by atoms with Crippen LogP contribution in [0.25, 0.3) is 11.3 Å². The number of amides is 2. The van der Waals surface area contributed by atoms with E-state index >= 15 is 0 Å². The van der Waals surface area contributed by atoms with Crippen LogP contribution in [0, 0.1) is 5.41 Å². The Kier molecular flexibility index (Phi) is 9.28. The van der Waals surface area contributed by atoms with Crippen molar-refractivity contribution in [1.29, 1.82) is 0 Å². The monoisotopic (exact) mass is 599 g/mol. The van der Waals surface area contributed by atoms with E-state index in [1.165, 1.54) is 4.90 Å². The van der Waals surface area contributed by atoms with Crippen LogP contribution in [0.5, 0.6) is 0 Å². The second-order valence-corrected chi connectivity index (χ2v) is 13.3. The van der Waals surface area contributed by atoms with Crippen LogP contribution in [0.4, 0.5) is 5.13 Å². The van der Waals surface area contributed by atoms with Gasteiger partial charge in [-0.2, -0.15) is 0 Å². The number of thiazole rings is 1. The lowest BCUT2D eigenvalue weighted by molar-refractivity contribution is -0.138. The first-order valence-electron chi connectivity index (χ1n) is 14.5. The van der Waals surface area contributed by atoms with E-state index in [9.17, 15) is 19.5 Å². The summed E-state index contributed by atoms with van der Waals surface area (Å²) in [6, 6.07) is 5.54. The highest BCUT2D eigenvalue weighted by molar-refractivity contribution is 7.14. The Morgan fingerprint density at radius 3 is 2.57 bits per heavy atom. The first-order chi connectivity index (χ1) is 20.0. The summed E-state index contributed by atoms with van der Waals surface area (Å²) in [5.41, 5.74) is 1.92. The summed E-state index contributed by atoms with van der Waals surface area (Å²) in [5.74, 6) is -0.981. The largest absolute Gasteiger partial charge is 0.388 e. The fourth-order valence-corrected chi connectivity index (χ4v) is 6.72. The topological polar surface area (TPSA) is 125 Å². The maximum Gasteiger partial charge on any atom is 0.251 e. The Labute approximate surface area is 250 Å². The van der Waals surface area contributed by atoms with E-state index in [0.717, 1.165) is 55.7 Å². The van der Waals surface area contributed by atoms with E-state index in [-0.39, 0.29) is 36.2 Å². The number of β-amino-alcohol motifs (C(OH)–C–C–N with tert-alkyl or cyclic N) is 1. The summed E-state index contributed by atoms with van der Waals surface area (Å²) < 4.78 is 10.6. The van der Waals surface area contributed by atoms with Gasteiger partial charge in [-0.25, -0.2) is 4.98 Å². The van der Waals surface area contributed by atoms with Gasteiger partial charge < -0.3 is 29.7 Å². The van der Waals surface area contributed by atoms with Crippen molar-refractivity contribution in [1.82, 2.24) is 20.1 Å². The molecule has 1 aromatic carbocycles. The van der Waals surface area contributed by atoms with E-state index in [4.69, 9.17) is 14.5 Å². The SMILES string of the molecule is COCCN1CCN(c2nc(-c3ccc(C(=O)N[C@@H](CC(C)(C)C)C(=O)N4C[C@H](O)[C@H]5OCC(=O)[C@H]54)cc3)cs2)CC1. The number of carbonyl (C=O) groups excluding carboxylic acids is 3. The minimum atomic E-state index is -0.930. The molecule has 12 heteroatoms. The number of piperazine rings is 1. The molecule has 0 bridgehead atoms. The highest BCUT2D eigenvalue weighted by Gasteiger charge is 2.53. The van der Waals surface area contributed by atoms with E-state index < -0.39 is 24.3 Å². The first kappa shape index (κ1) is 30.6. The lowest BCUT2D eigenvalue weighted by Gasteiger charge is -2.34. The summed E-state index contributed by atoms with van der Waals surface area (Å²) in [5, 5.41) is 16.3. The molecule has 3 saturated heterocycles. The van der Waals surface area contributed by atoms with Gasteiger partial charge in [0.1, 0.15) is 30.9 Å². The number of fused-ring (bicyclic) bond motifs is 1. The highest BCUT2D eigenvalue weighted by Crippen LogP contribution is 2.31. The van der Waals surface area contributed by atoms with Crippen molar-refractivity contribution in [3.63, 3.8) is 0 Å². The van der Waals surface area contributed by atoms with Crippen molar-refractivity contribution < 1.29 is 29.0 Å². The molecule has 2 aromatic rings. The standard InChI is InChI=1S/C30H41N5O6S/c1-30(2,3)15-21(28(39)35-16-23(36)26-25(35)24(37)17-41-26)31-27(38)20-7-5-19(6-8-20)22-18-42-29(32-22)34-11-9-33(10-12-34)13-14-40-4/h5-8,18,21,23,25-26,36H,9-17H2,1-4H3,(H,31,38)/t21-,23-,25+,26+/m0/s1. The Hall–Kier alpha value is -2.90. The fraction of sp³-hybridized carbons (Fsp3) is 0.600. The molecule has 0 aliphatic carbocycles. The summed E-state index contributed by atoms with van der Waals surface area (Å²) in [7, 11) is 1.73. The third kappa shape index (κ3) is 6.84. The molecule has 0 saturated carbocycles.